The van der Waals surface area contributed by atoms with E-state index in [2.05, 4.69) is 19.6 Å². The normalized spacial score (nSPS) is 18.3. The smallest absolute Gasteiger partial charge is 0.268 e. The monoisotopic (exact) mass is 436 g/mol. The maximum Gasteiger partial charge on any atom is 0.268 e. The second-order valence-electron chi connectivity index (χ2n) is 7.31. The van der Waals surface area contributed by atoms with Crippen molar-refractivity contribution in [3.05, 3.63) is 52.3 Å². The summed E-state index contributed by atoms with van der Waals surface area (Å²) in [5, 5.41) is 0. The topological polar surface area (TPSA) is 95.2 Å². The van der Waals surface area contributed by atoms with Gasteiger partial charge in [0.05, 0.1) is 18.3 Å². The Morgan fingerprint density at radius 3 is 2.83 bits per heavy atom. The zero-order chi connectivity index (χ0) is 20.6. The molecule has 1 saturated heterocycles. The molecule has 3 heterocycles. The highest BCUT2D eigenvalue weighted by Crippen LogP contribution is 2.31. The Hall–Kier alpha value is -2.14. The van der Waals surface area contributed by atoms with E-state index in [0.717, 1.165) is 36.1 Å². The van der Waals surface area contributed by atoms with Gasteiger partial charge < -0.3 is 4.98 Å². The van der Waals surface area contributed by atoms with Gasteiger partial charge in [-0.15, -0.1) is 11.3 Å². The van der Waals surface area contributed by atoms with Gasteiger partial charge in [0.15, 0.2) is 0 Å². The minimum Gasteiger partial charge on any atom is -0.308 e. The summed E-state index contributed by atoms with van der Waals surface area (Å²) >= 11 is 1.33. The zero-order valence-electron chi connectivity index (χ0n) is 15.8. The van der Waals surface area contributed by atoms with Gasteiger partial charge in [0.2, 0.25) is 10.0 Å². The van der Waals surface area contributed by atoms with E-state index in [0.29, 0.717) is 29.1 Å². The van der Waals surface area contributed by atoms with Crippen LogP contribution >= 0.6 is 11.3 Å². The number of H-pyrrole nitrogens is 1. The van der Waals surface area contributed by atoms with Crippen molar-refractivity contribution in [2.24, 2.45) is 0 Å². The van der Waals surface area contributed by atoms with E-state index in [1.54, 1.807) is 12.1 Å². The van der Waals surface area contributed by atoms with Gasteiger partial charge in [0, 0.05) is 17.5 Å². The Kier molecular flexibility index (Phi) is 5.52. The largest absolute Gasteiger partial charge is 0.308 e. The number of benzene rings is 1. The Morgan fingerprint density at radius 1 is 1.34 bits per heavy atom. The molecular formula is C19H21FN4O3S2. The molecule has 1 aliphatic heterocycles. The van der Waals surface area contributed by atoms with Crippen LogP contribution in [0.4, 0.5) is 4.39 Å². The third-order valence-corrected chi connectivity index (χ3v) is 6.75. The van der Waals surface area contributed by atoms with Crippen molar-refractivity contribution in [2.45, 2.75) is 25.4 Å². The highest BCUT2D eigenvalue weighted by atomic mass is 32.2. The minimum atomic E-state index is -3.25. The van der Waals surface area contributed by atoms with Crippen molar-refractivity contribution >= 4 is 31.6 Å². The number of aromatic amines is 1. The molecule has 2 aromatic heterocycles. The standard InChI is InChI=1S/C19H21FN4O3S2/c1-29(26,27)23-14-3-2-8-24(10-14)11-17-21-15-9-16(28-18(15)19(25)22-17)12-4-6-13(20)7-5-12/h4-7,9,14,23H,2-3,8,10-11H2,1H3,(H,21,22,25). The third kappa shape index (κ3) is 4.89. The maximum absolute atomic E-state index is 13.2. The zero-order valence-corrected chi connectivity index (χ0v) is 17.4. The molecule has 0 saturated carbocycles. The van der Waals surface area contributed by atoms with E-state index in [1.807, 2.05) is 6.07 Å². The molecular weight excluding hydrogens is 415 g/mol. The first kappa shape index (κ1) is 20.1. The quantitative estimate of drug-likeness (QED) is 0.640. The van der Waals surface area contributed by atoms with Crippen molar-refractivity contribution in [3.8, 4) is 10.4 Å². The lowest BCUT2D eigenvalue weighted by Gasteiger charge is -2.32. The number of likely N-dealkylation sites (tertiary alicyclic amines) is 1. The number of piperidine rings is 1. The second-order valence-corrected chi connectivity index (χ2v) is 10.1. The predicted octanol–water partition coefficient (Wildman–Crippen LogP) is 2.30. The summed E-state index contributed by atoms with van der Waals surface area (Å²) in [6.45, 7) is 1.82. The Morgan fingerprint density at radius 2 is 2.10 bits per heavy atom. The number of sulfonamides is 1. The first-order valence-corrected chi connectivity index (χ1v) is 12.0. The molecule has 0 spiro atoms. The van der Waals surface area contributed by atoms with Gasteiger partial charge in [0.25, 0.3) is 5.56 Å². The van der Waals surface area contributed by atoms with E-state index >= 15 is 0 Å². The van der Waals surface area contributed by atoms with Crippen LogP contribution in [0.5, 0.6) is 0 Å². The summed E-state index contributed by atoms with van der Waals surface area (Å²) in [5.41, 5.74) is 1.24. The number of hydrogen-bond acceptors (Lipinski definition) is 6. The fraction of sp³-hybridized carbons (Fsp3) is 0.368. The van der Waals surface area contributed by atoms with Gasteiger partial charge in [-0.05, 0) is 43.1 Å². The summed E-state index contributed by atoms with van der Waals surface area (Å²) in [6, 6.07) is 7.84. The summed E-state index contributed by atoms with van der Waals surface area (Å²) in [5.74, 6) is 0.240. The number of hydrogen-bond donors (Lipinski definition) is 2. The minimum absolute atomic E-state index is 0.138. The fourth-order valence-electron chi connectivity index (χ4n) is 3.63. The first-order valence-electron chi connectivity index (χ1n) is 9.25. The van der Waals surface area contributed by atoms with Crippen LogP contribution in [0.2, 0.25) is 0 Å². The lowest BCUT2D eigenvalue weighted by Crippen LogP contribution is -2.47. The Labute approximate surface area is 171 Å². The molecule has 29 heavy (non-hydrogen) atoms. The summed E-state index contributed by atoms with van der Waals surface area (Å²) in [6.07, 6.45) is 2.82. The number of nitrogens with one attached hydrogen (secondary N) is 2. The summed E-state index contributed by atoms with van der Waals surface area (Å²) in [4.78, 5) is 22.9. The molecule has 0 radical (unpaired) electrons. The van der Waals surface area contributed by atoms with Crippen molar-refractivity contribution < 1.29 is 12.8 Å². The second kappa shape index (κ2) is 7.94. The van der Waals surface area contributed by atoms with Gasteiger partial charge in [-0.2, -0.15) is 0 Å². The van der Waals surface area contributed by atoms with Crippen molar-refractivity contribution in [1.29, 1.82) is 0 Å². The molecule has 1 fully saturated rings. The average Bonchev–Trinajstić information content (AvgIpc) is 3.06. The molecule has 2 N–H and O–H groups in total. The van der Waals surface area contributed by atoms with E-state index < -0.39 is 10.0 Å². The molecule has 4 rings (SSSR count). The molecule has 154 valence electrons. The molecule has 0 bridgehead atoms. The van der Waals surface area contributed by atoms with Crippen molar-refractivity contribution in [2.75, 3.05) is 19.3 Å². The lowest BCUT2D eigenvalue weighted by atomic mass is 10.1. The maximum atomic E-state index is 13.2. The predicted molar refractivity (Wildman–Crippen MR) is 112 cm³/mol. The molecule has 1 aliphatic rings. The van der Waals surface area contributed by atoms with Gasteiger partial charge in [-0.1, -0.05) is 12.1 Å². The molecule has 1 aromatic carbocycles. The average molecular weight is 437 g/mol. The van der Waals surface area contributed by atoms with Gasteiger partial charge in [0.1, 0.15) is 16.3 Å². The van der Waals surface area contributed by atoms with Gasteiger partial charge in [-0.25, -0.2) is 22.5 Å². The number of thiophene rings is 1. The molecule has 1 atom stereocenters. The molecule has 10 heteroatoms. The number of fused-ring (bicyclic) bond motifs is 1. The van der Waals surface area contributed by atoms with Crippen LogP contribution in [0.1, 0.15) is 18.7 Å². The van der Waals surface area contributed by atoms with Crippen LogP contribution < -0.4 is 10.3 Å². The molecule has 1 unspecified atom stereocenters. The van der Waals surface area contributed by atoms with E-state index in [1.165, 1.54) is 23.5 Å². The number of aromatic nitrogens is 2. The fourth-order valence-corrected chi connectivity index (χ4v) is 5.42. The highest BCUT2D eigenvalue weighted by molar-refractivity contribution is 7.88. The van der Waals surface area contributed by atoms with E-state index in [9.17, 15) is 17.6 Å². The Balaban J connectivity index is 1.55. The molecule has 7 nitrogen and oxygen atoms in total. The van der Waals surface area contributed by atoms with Crippen LogP contribution in [0.15, 0.2) is 35.1 Å². The van der Waals surface area contributed by atoms with Gasteiger partial charge >= 0.3 is 0 Å². The number of nitrogens with zero attached hydrogens (tertiary/aromatic N) is 2. The SMILES string of the molecule is CS(=O)(=O)NC1CCCN(Cc2nc3cc(-c4ccc(F)cc4)sc3c(=O)[nH]2)C1. The van der Waals surface area contributed by atoms with Crippen molar-refractivity contribution in [1.82, 2.24) is 19.6 Å². The van der Waals surface area contributed by atoms with E-state index in [4.69, 9.17) is 0 Å². The van der Waals surface area contributed by atoms with Crippen LogP contribution in [0.25, 0.3) is 20.7 Å². The van der Waals surface area contributed by atoms with Crippen molar-refractivity contribution in [3.63, 3.8) is 0 Å². The lowest BCUT2D eigenvalue weighted by molar-refractivity contribution is 0.190. The van der Waals surface area contributed by atoms with Crippen LogP contribution in [-0.4, -0.2) is 48.7 Å². The highest BCUT2D eigenvalue weighted by Gasteiger charge is 2.23. The molecule has 0 aliphatic carbocycles. The summed E-state index contributed by atoms with van der Waals surface area (Å²) in [7, 11) is -3.25. The van der Waals surface area contributed by atoms with E-state index in [-0.39, 0.29) is 17.4 Å². The number of halogens is 1. The Bertz CT molecular complexity index is 1190. The first-order chi connectivity index (χ1) is 13.8. The van der Waals surface area contributed by atoms with Crippen LogP contribution in [0, 0.1) is 5.82 Å². The number of rotatable bonds is 5. The van der Waals surface area contributed by atoms with Crippen LogP contribution in [-0.2, 0) is 16.6 Å². The van der Waals surface area contributed by atoms with Gasteiger partial charge in [-0.3, -0.25) is 9.69 Å². The molecule has 0 amide bonds. The third-order valence-electron chi connectivity index (χ3n) is 4.82. The molecule has 3 aromatic rings. The van der Waals surface area contributed by atoms with Crippen LogP contribution in [0.3, 0.4) is 0 Å². The summed E-state index contributed by atoms with van der Waals surface area (Å²) < 4.78 is 39.3.